The molecule has 135 valence electrons. The van der Waals surface area contributed by atoms with Gasteiger partial charge in [-0.1, -0.05) is 6.92 Å². The number of ether oxygens (including phenoxy) is 2. The van der Waals surface area contributed by atoms with Crippen LogP contribution in [-0.2, 0) is 19.9 Å². The molecule has 2 atom stereocenters. The number of nitriles is 1. The molecule has 8 nitrogen and oxygen atoms in total. The Labute approximate surface area is 132 Å². The molecule has 0 unspecified atom stereocenters. The summed E-state index contributed by atoms with van der Waals surface area (Å²) in [6.45, 7) is 1.84. The molecule has 2 aromatic heterocycles. The van der Waals surface area contributed by atoms with Crippen molar-refractivity contribution in [2.45, 2.75) is 31.5 Å². The predicted molar refractivity (Wildman–Crippen MR) is 79.7 cm³/mol. The molecule has 2 N–H and O–H groups in total. The first-order valence-corrected chi connectivity index (χ1v) is 7.27. The summed E-state index contributed by atoms with van der Waals surface area (Å²) in [7, 11) is 0. The summed E-state index contributed by atoms with van der Waals surface area (Å²) >= 11 is 0. The Morgan fingerprint density at radius 3 is 3.17 bits per heavy atom. The third kappa shape index (κ3) is 2.57. The maximum Gasteiger partial charge on any atom is 0.305 e. The van der Waals surface area contributed by atoms with Gasteiger partial charge in [0.05, 0.1) is 23.5 Å². The summed E-state index contributed by atoms with van der Waals surface area (Å²) in [6, 6.07) is 5.66. The molecule has 0 bridgehead atoms. The summed E-state index contributed by atoms with van der Waals surface area (Å²) in [4.78, 5) is 15.2. The van der Waals surface area contributed by atoms with Crippen LogP contribution in [0.4, 0.5) is 5.82 Å². The average Bonchev–Trinajstić information content (AvgIpc) is 3.18. The number of nitrogens with zero attached hydrogens (tertiary/aromatic N) is 4. The van der Waals surface area contributed by atoms with E-state index in [4.69, 9.17) is 15.2 Å². The molecular weight excluding hydrogens is 560 g/mol. The molecule has 1 radical (unpaired) electrons. The molecule has 1 aliphatic rings. The first kappa shape index (κ1) is 16.7. The topological polar surface area (TPSA) is 116 Å². The van der Waals surface area contributed by atoms with Crippen LogP contribution in [0, 0.1) is 17.8 Å². The zero-order valence-corrected chi connectivity index (χ0v) is 15.0. The van der Waals surface area contributed by atoms with Crippen LogP contribution in [0.2, 0.25) is 0 Å². The number of carbonyl (C=O) groups excluding carboxylic acids is 1. The van der Waals surface area contributed by atoms with E-state index < -0.39 is 5.60 Å². The van der Waals surface area contributed by atoms with Gasteiger partial charge in [0.25, 0.3) is 0 Å². The van der Waals surface area contributed by atoms with Crippen molar-refractivity contribution in [3.63, 3.8) is 0 Å². The Morgan fingerprint density at radius 1 is 1.67 bits per heavy atom. The maximum absolute atomic E-state index is 11.3. The van der Waals surface area contributed by atoms with Gasteiger partial charge in [-0.2, -0.15) is 10.4 Å². The number of aromatic nitrogens is 3. The Hall–Kier alpha value is -3.66. The van der Waals surface area contributed by atoms with Gasteiger partial charge in [0.1, 0.15) is 18.5 Å². The predicted octanol–water partition coefficient (Wildman–Crippen LogP) is 0.977. The molecule has 9 heteroatoms. The molecule has 3 rings (SSSR count). The molecule has 1 saturated heterocycles. The van der Waals surface area contributed by atoms with Crippen LogP contribution >= 0.6 is 0 Å². The molecule has 3 heterocycles. The monoisotopic (exact) mass is 576 g/mol. The van der Waals surface area contributed by atoms with Crippen molar-refractivity contribution in [3.8, 4) is 6.07 Å². The van der Waals surface area contributed by atoms with Gasteiger partial charge in [-0.15, -0.1) is 6.42 Å². The van der Waals surface area contributed by atoms with Crippen molar-refractivity contribution in [1.82, 2.24) is 14.6 Å². The Morgan fingerprint density at radius 2 is 2.46 bits per heavy atom. The molecular formula is C15H16LrN5O3-. The fourth-order valence-electron chi connectivity index (χ4n) is 2.57. The van der Waals surface area contributed by atoms with Gasteiger partial charge in [0.2, 0.25) is 0 Å². The van der Waals surface area contributed by atoms with Crippen molar-refractivity contribution in [2.24, 2.45) is 0 Å². The number of anilines is 1. The number of fused-ring (bicyclic) bond motifs is 1. The van der Waals surface area contributed by atoms with Gasteiger partial charge in [-0.05, 0) is 12.1 Å². The first-order valence-electron chi connectivity index (χ1n) is 7.27. The van der Waals surface area contributed by atoms with Crippen molar-refractivity contribution in [1.29, 1.82) is 5.26 Å². The summed E-state index contributed by atoms with van der Waals surface area (Å²) in [5.74, 6) is 0.0301. The zero-order valence-electron chi connectivity index (χ0n) is 12.9. The number of nitrogen functional groups attached to an aromatic ring is 1. The molecule has 24 heavy (non-hydrogen) atoms. The molecule has 0 aliphatic carbocycles. The number of hydrogen-bond donors (Lipinski definition) is 1. The summed E-state index contributed by atoms with van der Waals surface area (Å²) < 4.78 is 12.5. The van der Waals surface area contributed by atoms with Gasteiger partial charge in [0.15, 0.2) is 5.82 Å². The number of hydrogen-bond acceptors (Lipinski definition) is 7. The maximum atomic E-state index is 11.3. The number of esters is 1. The summed E-state index contributed by atoms with van der Waals surface area (Å²) in [5, 5.41) is 13.8. The van der Waals surface area contributed by atoms with Gasteiger partial charge >= 0.3 is 5.97 Å². The van der Waals surface area contributed by atoms with E-state index in [0.29, 0.717) is 29.9 Å². The Bertz CT molecular complexity index is 787. The molecule has 0 spiro atoms. The van der Waals surface area contributed by atoms with E-state index in [1.807, 2.05) is 0 Å². The SMILES string of the molecule is CCC(=O)OC[C@@H]1C[CH-][C@](C#N)(c2ccc3c(N)ncnn23)O1.[Lr]. The minimum absolute atomic E-state index is 0. The first-order chi connectivity index (χ1) is 11.1. The normalized spacial score (nSPS) is 22.8. The number of carbonyl (C=O) groups is 1. The molecule has 0 saturated carbocycles. The van der Waals surface area contributed by atoms with E-state index in [1.165, 1.54) is 6.33 Å². The van der Waals surface area contributed by atoms with Crippen LogP contribution in [0.15, 0.2) is 18.5 Å². The van der Waals surface area contributed by atoms with Crippen LogP contribution < -0.4 is 5.73 Å². The van der Waals surface area contributed by atoms with Gasteiger partial charge in [-0.3, -0.25) is 11.2 Å². The summed E-state index contributed by atoms with van der Waals surface area (Å²) in [6.07, 6.45) is 3.52. The van der Waals surface area contributed by atoms with E-state index in [9.17, 15) is 10.1 Å². The van der Waals surface area contributed by atoms with E-state index in [1.54, 1.807) is 30.0 Å². The molecule has 1 aliphatic heterocycles. The minimum Gasteiger partial charge on any atom is -0.463 e. The van der Waals surface area contributed by atoms with Gasteiger partial charge < -0.3 is 15.2 Å². The standard InChI is InChI=1S/C15H16N5O3.Lr/c1-2-13(21)22-7-10-5-6-15(8-16,23-10)12-4-3-11-14(17)18-9-19-20(11)12;/h3-4,6,9-10H,2,5,7H2,1H3,(H2,17,18,19);/q-1;/t10-,15-;/m0./s1. The number of rotatable bonds is 4. The van der Waals surface area contributed by atoms with Gasteiger partial charge in [-0.25, -0.2) is 9.50 Å². The van der Waals surface area contributed by atoms with Crippen LogP contribution in [0.3, 0.4) is 0 Å². The second-order valence-corrected chi connectivity index (χ2v) is 5.22. The fourth-order valence-corrected chi connectivity index (χ4v) is 2.57. The smallest absolute Gasteiger partial charge is 0.305 e. The Kier molecular flexibility index (Phi) is 4.33. The second-order valence-electron chi connectivity index (χ2n) is 5.22. The molecule has 1 fully saturated rings. The van der Waals surface area contributed by atoms with Crippen LogP contribution in [0.25, 0.3) is 5.52 Å². The number of nitrogens with two attached hydrogens (primary N) is 1. The third-order valence-electron chi connectivity index (χ3n) is 3.77. The van der Waals surface area contributed by atoms with E-state index in [-0.39, 0.29) is 18.7 Å². The van der Waals surface area contributed by atoms with E-state index in [2.05, 4.69) is 16.2 Å². The van der Waals surface area contributed by atoms with Crippen molar-refractivity contribution in [3.05, 3.63) is 30.6 Å². The van der Waals surface area contributed by atoms with Crippen molar-refractivity contribution in [2.75, 3.05) is 12.3 Å². The summed E-state index contributed by atoms with van der Waals surface area (Å²) in [5.41, 5.74) is 5.72. The molecule has 0 amide bonds. The largest absolute Gasteiger partial charge is 0.463 e. The van der Waals surface area contributed by atoms with Crippen LogP contribution in [0.1, 0.15) is 25.5 Å². The zero-order chi connectivity index (χ0) is 16.4. The third-order valence-corrected chi connectivity index (χ3v) is 3.77. The van der Waals surface area contributed by atoms with Crippen LogP contribution in [0.5, 0.6) is 0 Å². The van der Waals surface area contributed by atoms with E-state index in [0.717, 1.165) is 0 Å². The van der Waals surface area contributed by atoms with Crippen molar-refractivity contribution >= 4 is 17.3 Å². The average molecular weight is 576 g/mol. The van der Waals surface area contributed by atoms with Crippen LogP contribution in [-0.4, -0.2) is 33.3 Å². The Balaban J connectivity index is 0.00000208. The second kappa shape index (κ2) is 6.22. The fraction of sp³-hybridized carbons (Fsp3) is 0.400. The quantitative estimate of drug-likeness (QED) is 0.427. The van der Waals surface area contributed by atoms with Gasteiger partial charge in [0, 0.05) is 6.42 Å². The minimum atomic E-state index is -1.25. The molecule has 2 aromatic rings. The molecule has 0 aromatic carbocycles. The van der Waals surface area contributed by atoms with E-state index >= 15 is 0 Å². The van der Waals surface area contributed by atoms with Crippen molar-refractivity contribution < 1.29 is 14.3 Å².